The molecule has 4 atom stereocenters. The van der Waals surface area contributed by atoms with E-state index >= 15 is 0 Å². The first-order valence-corrected chi connectivity index (χ1v) is 17.2. The molecule has 13 heteroatoms. The van der Waals surface area contributed by atoms with Gasteiger partial charge in [-0.25, -0.2) is 17.8 Å². The number of benzene rings is 2. The topological polar surface area (TPSA) is 130 Å². The van der Waals surface area contributed by atoms with Gasteiger partial charge in [0.2, 0.25) is 15.9 Å². The van der Waals surface area contributed by atoms with E-state index in [-0.39, 0.29) is 35.0 Å². The summed E-state index contributed by atoms with van der Waals surface area (Å²) in [4.78, 5) is 42.6. The number of nitrogens with zero attached hydrogens (tertiary/aromatic N) is 3. The summed E-state index contributed by atoms with van der Waals surface area (Å²) < 4.78 is 28.9. The highest BCUT2D eigenvalue weighted by Crippen LogP contribution is 2.47. The number of halogens is 2. The number of nitrogens with one attached hydrogen (secondary N) is 2. The van der Waals surface area contributed by atoms with Gasteiger partial charge in [-0.2, -0.15) is 5.10 Å². The minimum atomic E-state index is -3.59. The number of hydrogen-bond donors (Lipinski definition) is 2. The van der Waals surface area contributed by atoms with Crippen molar-refractivity contribution < 1.29 is 18.0 Å². The number of aromatic nitrogens is 2. The summed E-state index contributed by atoms with van der Waals surface area (Å²) >= 11 is 13.0. The van der Waals surface area contributed by atoms with E-state index in [0.717, 1.165) is 19.1 Å². The summed E-state index contributed by atoms with van der Waals surface area (Å²) in [7, 11) is -3.59. The van der Waals surface area contributed by atoms with Crippen molar-refractivity contribution in [2.24, 2.45) is 0 Å². The van der Waals surface area contributed by atoms with Gasteiger partial charge in [-0.3, -0.25) is 14.4 Å². The Labute approximate surface area is 266 Å². The molecule has 2 amide bonds. The van der Waals surface area contributed by atoms with Crippen molar-refractivity contribution in [3.8, 4) is 0 Å². The molecule has 0 unspecified atom stereocenters. The Morgan fingerprint density at radius 3 is 2.45 bits per heavy atom. The van der Waals surface area contributed by atoms with Crippen molar-refractivity contribution in [3.05, 3.63) is 97.4 Å². The second kappa shape index (κ2) is 13.0. The predicted octanol–water partition coefficient (Wildman–Crippen LogP) is 4.59. The van der Waals surface area contributed by atoms with Crippen LogP contribution in [0.1, 0.15) is 84.7 Å². The molecule has 0 bridgehead atoms. The van der Waals surface area contributed by atoms with Crippen molar-refractivity contribution >= 4 is 45.0 Å². The monoisotopic (exact) mass is 659 g/mol. The van der Waals surface area contributed by atoms with E-state index < -0.39 is 34.1 Å². The van der Waals surface area contributed by atoms with Crippen LogP contribution in [0.25, 0.3) is 0 Å². The number of amides is 2. The molecule has 2 heterocycles. The molecule has 0 saturated heterocycles. The molecular weight excluding hydrogens is 625 g/mol. The van der Waals surface area contributed by atoms with Gasteiger partial charge in [0.25, 0.3) is 11.5 Å². The third-order valence-electron chi connectivity index (χ3n) is 8.21. The van der Waals surface area contributed by atoms with Gasteiger partial charge in [0.15, 0.2) is 0 Å². The molecule has 1 aliphatic heterocycles. The molecule has 1 saturated carbocycles. The SMILES string of the molecule is CC(C)n1nc(CNC(=O)[C@@H]2c3ccccc3C(=O)N([C@H]3CCCC[C@@H]3NS(C)(=O)=O)[C@H]2c2ccc(Cl)cc2Cl)ccc1=O. The number of fused-ring (bicyclic) bond motifs is 1. The normalized spacial score (nSPS) is 22.1. The van der Waals surface area contributed by atoms with Gasteiger partial charge < -0.3 is 10.2 Å². The average molecular weight is 661 g/mol. The summed E-state index contributed by atoms with van der Waals surface area (Å²) in [5, 5.41) is 8.06. The van der Waals surface area contributed by atoms with Crippen LogP contribution in [0.5, 0.6) is 0 Å². The van der Waals surface area contributed by atoms with Gasteiger partial charge in [-0.1, -0.05) is 60.3 Å². The lowest BCUT2D eigenvalue weighted by molar-refractivity contribution is -0.124. The van der Waals surface area contributed by atoms with Gasteiger partial charge >= 0.3 is 0 Å². The molecule has 234 valence electrons. The molecule has 5 rings (SSSR count). The highest BCUT2D eigenvalue weighted by Gasteiger charge is 2.49. The number of sulfonamides is 1. The number of rotatable bonds is 8. The fourth-order valence-electron chi connectivity index (χ4n) is 6.34. The summed E-state index contributed by atoms with van der Waals surface area (Å²) in [5.74, 6) is -1.59. The minimum absolute atomic E-state index is 0.0429. The smallest absolute Gasteiger partial charge is 0.266 e. The van der Waals surface area contributed by atoms with Crippen molar-refractivity contribution in [1.82, 2.24) is 24.7 Å². The molecule has 2 aromatic carbocycles. The maximum Gasteiger partial charge on any atom is 0.266 e. The Balaban J connectivity index is 1.62. The molecule has 10 nitrogen and oxygen atoms in total. The lowest BCUT2D eigenvalue weighted by Gasteiger charge is -2.49. The third kappa shape index (κ3) is 6.71. The molecule has 44 heavy (non-hydrogen) atoms. The maximum atomic E-state index is 14.4. The van der Waals surface area contributed by atoms with Crippen molar-refractivity contribution in [2.45, 2.75) is 76.2 Å². The van der Waals surface area contributed by atoms with Crippen LogP contribution < -0.4 is 15.6 Å². The van der Waals surface area contributed by atoms with E-state index in [1.165, 1.54) is 10.7 Å². The zero-order valence-corrected chi connectivity index (χ0v) is 27.0. The molecule has 1 fully saturated rings. The Bertz CT molecular complexity index is 1750. The Hall–Kier alpha value is -3.25. The van der Waals surface area contributed by atoms with Crippen LogP contribution in [0.4, 0.5) is 0 Å². The Morgan fingerprint density at radius 2 is 1.75 bits per heavy atom. The second-order valence-electron chi connectivity index (χ2n) is 11.7. The lowest BCUT2D eigenvalue weighted by Crippen LogP contribution is -2.59. The van der Waals surface area contributed by atoms with E-state index in [9.17, 15) is 22.8 Å². The van der Waals surface area contributed by atoms with Crippen molar-refractivity contribution in [1.29, 1.82) is 0 Å². The molecule has 1 aromatic heterocycles. The maximum absolute atomic E-state index is 14.4. The van der Waals surface area contributed by atoms with Gasteiger partial charge in [0.1, 0.15) is 0 Å². The van der Waals surface area contributed by atoms with E-state index in [1.54, 1.807) is 53.4 Å². The molecule has 3 aromatic rings. The van der Waals surface area contributed by atoms with E-state index in [1.807, 2.05) is 13.8 Å². The van der Waals surface area contributed by atoms with Crippen LogP contribution in [0.15, 0.2) is 59.4 Å². The van der Waals surface area contributed by atoms with Crippen LogP contribution in [0.2, 0.25) is 10.0 Å². The fourth-order valence-corrected chi connectivity index (χ4v) is 7.69. The minimum Gasteiger partial charge on any atom is -0.350 e. The van der Waals surface area contributed by atoms with Gasteiger partial charge in [0.05, 0.1) is 36.5 Å². The summed E-state index contributed by atoms with van der Waals surface area (Å²) in [6.07, 6.45) is 3.76. The van der Waals surface area contributed by atoms with E-state index in [4.69, 9.17) is 23.2 Å². The third-order valence-corrected chi connectivity index (χ3v) is 9.50. The first kappa shape index (κ1) is 32.2. The zero-order valence-electron chi connectivity index (χ0n) is 24.7. The van der Waals surface area contributed by atoms with Crippen LogP contribution in [-0.4, -0.2) is 53.3 Å². The largest absolute Gasteiger partial charge is 0.350 e. The first-order chi connectivity index (χ1) is 20.9. The zero-order chi connectivity index (χ0) is 31.8. The summed E-state index contributed by atoms with van der Waals surface area (Å²) in [6.45, 7) is 3.74. The Kier molecular flexibility index (Phi) is 9.50. The Morgan fingerprint density at radius 1 is 1.02 bits per heavy atom. The number of carbonyl (C=O) groups is 2. The van der Waals surface area contributed by atoms with Crippen LogP contribution in [0, 0.1) is 0 Å². The summed E-state index contributed by atoms with van der Waals surface area (Å²) in [5.41, 5.74) is 1.67. The lowest BCUT2D eigenvalue weighted by atomic mass is 9.76. The fraction of sp³-hybridized carbons (Fsp3) is 0.419. The first-order valence-electron chi connectivity index (χ1n) is 14.6. The van der Waals surface area contributed by atoms with Gasteiger partial charge in [-0.15, -0.1) is 0 Å². The van der Waals surface area contributed by atoms with Crippen molar-refractivity contribution in [2.75, 3.05) is 6.26 Å². The van der Waals surface area contributed by atoms with Gasteiger partial charge in [-0.05, 0) is 62.1 Å². The number of hydrogen-bond acceptors (Lipinski definition) is 6. The highest BCUT2D eigenvalue weighted by molar-refractivity contribution is 7.88. The summed E-state index contributed by atoms with van der Waals surface area (Å²) in [6, 6.07) is 12.8. The van der Waals surface area contributed by atoms with Crippen molar-refractivity contribution in [3.63, 3.8) is 0 Å². The van der Waals surface area contributed by atoms with Crippen LogP contribution >= 0.6 is 23.2 Å². The molecule has 2 aliphatic rings. The average Bonchev–Trinajstić information content (AvgIpc) is 2.96. The highest BCUT2D eigenvalue weighted by atomic mass is 35.5. The van der Waals surface area contributed by atoms with Crippen LogP contribution in [-0.2, 0) is 21.4 Å². The van der Waals surface area contributed by atoms with Crippen LogP contribution in [0.3, 0.4) is 0 Å². The standard InChI is InChI=1S/C31H35Cl2N5O5S/c1-18(2)38-27(39)15-13-20(35-38)17-34-30(40)28-21-8-4-5-9-22(21)31(41)37(29(28)23-14-12-19(32)16-24(23)33)26-11-7-6-10-25(26)36-44(3,42)43/h4-5,8-9,12-16,18,25-26,28-29,36H,6-7,10-11,17H2,1-3H3,(H,34,40)/t25-,26-,28+,29-/m0/s1. The number of carbonyl (C=O) groups excluding carboxylic acids is 2. The quantitative estimate of drug-likeness (QED) is 0.364. The molecule has 0 spiro atoms. The molecule has 0 radical (unpaired) electrons. The molecule has 2 N–H and O–H groups in total. The predicted molar refractivity (Wildman–Crippen MR) is 169 cm³/mol. The van der Waals surface area contributed by atoms with Gasteiger partial charge in [0, 0.05) is 33.8 Å². The van der Waals surface area contributed by atoms with E-state index in [2.05, 4.69) is 15.1 Å². The molecule has 1 aliphatic carbocycles. The second-order valence-corrected chi connectivity index (χ2v) is 14.3. The van der Waals surface area contributed by atoms with E-state index in [0.29, 0.717) is 40.2 Å². The molecular formula is C31H35Cl2N5O5S.